The van der Waals surface area contributed by atoms with E-state index in [1.807, 2.05) is 0 Å². The molecule has 0 radical (unpaired) electrons. The van der Waals surface area contributed by atoms with E-state index in [1.54, 1.807) is 18.3 Å². The molecule has 28 heavy (non-hydrogen) atoms. The van der Waals surface area contributed by atoms with Crippen molar-refractivity contribution in [3.8, 4) is 17.0 Å². The number of ether oxygens (including phenoxy) is 1. The van der Waals surface area contributed by atoms with Gasteiger partial charge in [0.25, 0.3) is 0 Å². The van der Waals surface area contributed by atoms with Crippen LogP contribution in [0.15, 0.2) is 35.4 Å². The van der Waals surface area contributed by atoms with Crippen molar-refractivity contribution < 1.29 is 23.4 Å². The first-order chi connectivity index (χ1) is 13.5. The molecule has 0 spiro atoms. The van der Waals surface area contributed by atoms with Crippen LogP contribution >= 0.6 is 11.8 Å². The van der Waals surface area contributed by atoms with Gasteiger partial charge in [-0.2, -0.15) is 0 Å². The summed E-state index contributed by atoms with van der Waals surface area (Å²) in [4.78, 5) is 14.7. The summed E-state index contributed by atoms with van der Waals surface area (Å²) in [6.07, 6.45) is 6.24. The predicted molar refractivity (Wildman–Crippen MR) is 105 cm³/mol. The number of aromatic nitrogens is 1. The van der Waals surface area contributed by atoms with Crippen LogP contribution in [-0.4, -0.2) is 28.4 Å². The Kier molecular flexibility index (Phi) is 7.25. The number of nitrogens with zero attached hydrogens (tertiary/aromatic N) is 1. The van der Waals surface area contributed by atoms with E-state index >= 15 is 0 Å². The second-order valence-corrected chi connectivity index (χ2v) is 8.04. The van der Waals surface area contributed by atoms with Crippen LogP contribution in [-0.2, 0) is 4.79 Å². The number of hydrogen-bond acceptors (Lipinski definition) is 4. The maximum absolute atomic E-state index is 14.5. The van der Waals surface area contributed by atoms with Crippen LogP contribution in [0.1, 0.15) is 38.5 Å². The SMILES string of the molecule is O=C(O)CCCCSc1c(F)cc(-c2cccnc2OCC2CCC2)cc1F. The summed E-state index contributed by atoms with van der Waals surface area (Å²) in [7, 11) is 0. The molecule has 2 aromatic rings. The van der Waals surface area contributed by atoms with Crippen molar-refractivity contribution in [2.75, 3.05) is 12.4 Å². The molecule has 0 atom stereocenters. The number of unbranched alkanes of at least 4 members (excludes halogenated alkanes) is 1. The molecule has 0 aliphatic heterocycles. The summed E-state index contributed by atoms with van der Waals surface area (Å²) in [5, 5.41) is 8.62. The number of benzene rings is 1. The van der Waals surface area contributed by atoms with Gasteiger partial charge in [0.1, 0.15) is 11.6 Å². The topological polar surface area (TPSA) is 59.4 Å². The Morgan fingerprint density at radius 2 is 2.00 bits per heavy atom. The van der Waals surface area contributed by atoms with Gasteiger partial charge in [-0.15, -0.1) is 11.8 Å². The molecular formula is C21H23F2NO3S. The van der Waals surface area contributed by atoms with Crippen LogP contribution in [0.4, 0.5) is 8.78 Å². The molecule has 1 heterocycles. The molecule has 1 aliphatic carbocycles. The van der Waals surface area contributed by atoms with Crippen molar-refractivity contribution in [3.05, 3.63) is 42.1 Å². The summed E-state index contributed by atoms with van der Waals surface area (Å²) >= 11 is 1.07. The quantitative estimate of drug-likeness (QED) is 0.413. The molecule has 0 bridgehead atoms. The summed E-state index contributed by atoms with van der Waals surface area (Å²) < 4.78 is 34.9. The van der Waals surface area contributed by atoms with Crippen molar-refractivity contribution in [3.63, 3.8) is 0 Å². The molecular weight excluding hydrogens is 384 g/mol. The number of pyridine rings is 1. The lowest BCUT2D eigenvalue weighted by Crippen LogP contribution is -2.19. The van der Waals surface area contributed by atoms with Gasteiger partial charge < -0.3 is 9.84 Å². The number of rotatable bonds is 10. The van der Waals surface area contributed by atoms with E-state index in [-0.39, 0.29) is 11.3 Å². The summed E-state index contributed by atoms with van der Waals surface area (Å²) in [6.45, 7) is 0.569. The minimum atomic E-state index is -0.862. The summed E-state index contributed by atoms with van der Waals surface area (Å²) in [5.41, 5.74) is 0.958. The number of hydrogen-bond donors (Lipinski definition) is 1. The van der Waals surface area contributed by atoms with Crippen LogP contribution in [0.25, 0.3) is 11.1 Å². The van der Waals surface area contributed by atoms with Crippen LogP contribution in [0.5, 0.6) is 5.88 Å². The smallest absolute Gasteiger partial charge is 0.303 e. The number of carbonyl (C=O) groups is 1. The lowest BCUT2D eigenvalue weighted by Gasteiger charge is -2.25. The Bertz CT molecular complexity index is 804. The molecule has 0 saturated heterocycles. The Hall–Kier alpha value is -2.15. The van der Waals surface area contributed by atoms with Gasteiger partial charge in [-0.3, -0.25) is 4.79 Å². The third-order valence-electron chi connectivity index (χ3n) is 4.79. The van der Waals surface area contributed by atoms with E-state index in [1.165, 1.54) is 18.6 Å². The molecule has 1 fully saturated rings. The summed E-state index contributed by atoms with van der Waals surface area (Å²) in [5.74, 6) is -0.744. The monoisotopic (exact) mass is 407 g/mol. The molecule has 1 aromatic heterocycles. The number of carboxylic acids is 1. The van der Waals surface area contributed by atoms with E-state index in [2.05, 4.69) is 4.98 Å². The molecule has 150 valence electrons. The van der Waals surface area contributed by atoms with Crippen molar-refractivity contribution in [2.24, 2.45) is 5.92 Å². The highest BCUT2D eigenvalue weighted by Crippen LogP contribution is 2.35. The standard InChI is InChI=1S/C21H23F2NO3S/c22-17-11-15(12-18(23)20(17)28-10-2-1-8-19(25)26)16-7-4-9-24-21(16)27-13-14-5-3-6-14/h4,7,9,11-12,14H,1-3,5-6,8,10,13H2,(H,25,26). The van der Waals surface area contributed by atoms with E-state index in [9.17, 15) is 13.6 Å². The third kappa shape index (κ3) is 5.44. The number of thioether (sulfide) groups is 1. The molecule has 3 rings (SSSR count). The highest BCUT2D eigenvalue weighted by Gasteiger charge is 2.20. The van der Waals surface area contributed by atoms with Gasteiger partial charge in [-0.25, -0.2) is 13.8 Å². The Morgan fingerprint density at radius 1 is 1.25 bits per heavy atom. The van der Waals surface area contributed by atoms with Gasteiger partial charge in [-0.1, -0.05) is 6.42 Å². The first kappa shape index (κ1) is 20.6. The van der Waals surface area contributed by atoms with E-state index in [4.69, 9.17) is 9.84 Å². The van der Waals surface area contributed by atoms with E-state index in [0.717, 1.165) is 24.6 Å². The van der Waals surface area contributed by atoms with Crippen LogP contribution in [0.3, 0.4) is 0 Å². The van der Waals surface area contributed by atoms with Crippen LogP contribution in [0, 0.1) is 17.6 Å². The number of carboxylic acid groups (broad SMARTS) is 1. The lowest BCUT2D eigenvalue weighted by molar-refractivity contribution is -0.137. The number of halogens is 2. The van der Waals surface area contributed by atoms with Gasteiger partial charge >= 0.3 is 5.97 Å². The first-order valence-corrected chi connectivity index (χ1v) is 10.4. The van der Waals surface area contributed by atoms with Gasteiger partial charge in [0.15, 0.2) is 0 Å². The van der Waals surface area contributed by atoms with E-state index < -0.39 is 17.6 Å². The lowest BCUT2D eigenvalue weighted by atomic mass is 9.86. The molecule has 1 aliphatic rings. The number of aliphatic carboxylic acids is 1. The van der Waals surface area contributed by atoms with Gasteiger partial charge in [0, 0.05) is 18.2 Å². The highest BCUT2D eigenvalue weighted by atomic mass is 32.2. The second kappa shape index (κ2) is 9.87. The fourth-order valence-corrected chi connectivity index (χ4v) is 3.93. The van der Waals surface area contributed by atoms with Crippen molar-refractivity contribution in [1.29, 1.82) is 0 Å². The molecule has 0 unspecified atom stereocenters. The Balaban J connectivity index is 1.69. The predicted octanol–water partition coefficient (Wildman–Crippen LogP) is 5.55. The van der Waals surface area contributed by atoms with Crippen LogP contribution in [0.2, 0.25) is 0 Å². The zero-order valence-corrected chi connectivity index (χ0v) is 16.3. The summed E-state index contributed by atoms with van der Waals surface area (Å²) in [6, 6.07) is 6.06. The molecule has 1 saturated carbocycles. The van der Waals surface area contributed by atoms with Gasteiger partial charge in [0.2, 0.25) is 5.88 Å². The zero-order valence-electron chi connectivity index (χ0n) is 15.5. The second-order valence-electron chi connectivity index (χ2n) is 6.93. The molecule has 7 heteroatoms. The molecule has 4 nitrogen and oxygen atoms in total. The zero-order chi connectivity index (χ0) is 19.9. The maximum atomic E-state index is 14.5. The first-order valence-electron chi connectivity index (χ1n) is 9.46. The van der Waals surface area contributed by atoms with Crippen LogP contribution < -0.4 is 4.74 Å². The average molecular weight is 407 g/mol. The Labute approximate surface area is 167 Å². The average Bonchev–Trinajstić information content (AvgIpc) is 2.62. The third-order valence-corrected chi connectivity index (χ3v) is 5.96. The van der Waals surface area contributed by atoms with Crippen molar-refractivity contribution in [2.45, 2.75) is 43.4 Å². The maximum Gasteiger partial charge on any atom is 0.303 e. The fourth-order valence-electron chi connectivity index (χ4n) is 2.99. The largest absolute Gasteiger partial charge is 0.481 e. The normalized spacial score (nSPS) is 13.9. The van der Waals surface area contributed by atoms with Crippen molar-refractivity contribution >= 4 is 17.7 Å². The van der Waals surface area contributed by atoms with Crippen molar-refractivity contribution in [1.82, 2.24) is 4.98 Å². The minimum Gasteiger partial charge on any atom is -0.481 e. The molecule has 1 N–H and O–H groups in total. The van der Waals surface area contributed by atoms with E-state index in [0.29, 0.717) is 48.1 Å². The highest BCUT2D eigenvalue weighted by molar-refractivity contribution is 7.99. The fraction of sp³-hybridized carbons (Fsp3) is 0.429. The van der Waals surface area contributed by atoms with Gasteiger partial charge in [0.05, 0.1) is 11.5 Å². The van der Waals surface area contributed by atoms with Gasteiger partial charge in [-0.05, 0) is 67.2 Å². The Morgan fingerprint density at radius 3 is 2.64 bits per heavy atom. The molecule has 0 amide bonds. The minimum absolute atomic E-state index is 0.0418. The molecule has 1 aromatic carbocycles.